The fourth-order valence-corrected chi connectivity index (χ4v) is 4.05. The minimum atomic E-state index is -3.75. The Kier molecular flexibility index (Phi) is 4.74. The van der Waals surface area contributed by atoms with E-state index >= 15 is 0 Å². The Morgan fingerprint density at radius 2 is 1.68 bits per heavy atom. The van der Waals surface area contributed by atoms with Gasteiger partial charge in [-0.1, -0.05) is 17.7 Å². The predicted molar refractivity (Wildman–Crippen MR) is 96.4 cm³/mol. The molecule has 3 aromatic rings. The molecule has 1 heterocycles. The topological polar surface area (TPSA) is 51.1 Å². The SMILES string of the molecule is CNCc1cc(-c2ccc(F)cc2)n(S(=O)(=O)c2ccc(C)cc2)c1. The van der Waals surface area contributed by atoms with Crippen LogP contribution in [0.15, 0.2) is 65.7 Å². The molecule has 0 spiro atoms. The Morgan fingerprint density at radius 1 is 1.04 bits per heavy atom. The van der Waals surface area contributed by atoms with Gasteiger partial charge < -0.3 is 5.32 Å². The van der Waals surface area contributed by atoms with Crippen LogP contribution in [0.4, 0.5) is 4.39 Å². The third-order valence-electron chi connectivity index (χ3n) is 3.94. The highest BCUT2D eigenvalue weighted by atomic mass is 32.2. The Hall–Kier alpha value is -2.44. The summed E-state index contributed by atoms with van der Waals surface area (Å²) in [4.78, 5) is 0.216. The minimum Gasteiger partial charge on any atom is -0.316 e. The van der Waals surface area contributed by atoms with E-state index in [0.717, 1.165) is 11.1 Å². The molecule has 0 aliphatic heterocycles. The highest BCUT2D eigenvalue weighted by Crippen LogP contribution is 2.27. The number of rotatable bonds is 5. The van der Waals surface area contributed by atoms with Gasteiger partial charge >= 0.3 is 0 Å². The summed E-state index contributed by atoms with van der Waals surface area (Å²) in [5.74, 6) is -0.362. The summed E-state index contributed by atoms with van der Waals surface area (Å²) in [6, 6.07) is 14.3. The number of aromatic nitrogens is 1. The average molecular weight is 358 g/mol. The van der Waals surface area contributed by atoms with Gasteiger partial charge in [0, 0.05) is 12.7 Å². The zero-order valence-corrected chi connectivity index (χ0v) is 14.8. The summed E-state index contributed by atoms with van der Waals surface area (Å²) in [5.41, 5.74) is 2.96. The van der Waals surface area contributed by atoms with Crippen molar-refractivity contribution in [1.82, 2.24) is 9.29 Å². The first-order chi connectivity index (χ1) is 11.9. The molecule has 0 unspecified atom stereocenters. The van der Waals surface area contributed by atoms with Crippen molar-refractivity contribution >= 4 is 10.0 Å². The van der Waals surface area contributed by atoms with E-state index in [-0.39, 0.29) is 10.7 Å². The molecule has 0 saturated heterocycles. The van der Waals surface area contributed by atoms with E-state index in [4.69, 9.17) is 0 Å². The third kappa shape index (κ3) is 3.50. The second-order valence-electron chi connectivity index (χ2n) is 5.88. The lowest BCUT2D eigenvalue weighted by Crippen LogP contribution is -2.13. The lowest BCUT2D eigenvalue weighted by molar-refractivity contribution is 0.588. The maximum atomic E-state index is 13.2. The maximum absolute atomic E-state index is 13.2. The quantitative estimate of drug-likeness (QED) is 0.759. The van der Waals surface area contributed by atoms with Gasteiger partial charge in [-0.2, -0.15) is 0 Å². The van der Waals surface area contributed by atoms with E-state index in [0.29, 0.717) is 17.8 Å². The first kappa shape index (κ1) is 17.4. The van der Waals surface area contributed by atoms with Crippen molar-refractivity contribution in [2.24, 2.45) is 0 Å². The Morgan fingerprint density at radius 3 is 2.28 bits per heavy atom. The molecule has 1 N–H and O–H groups in total. The van der Waals surface area contributed by atoms with Crippen LogP contribution in [-0.4, -0.2) is 19.4 Å². The van der Waals surface area contributed by atoms with Crippen LogP contribution in [0.25, 0.3) is 11.3 Å². The smallest absolute Gasteiger partial charge is 0.268 e. The van der Waals surface area contributed by atoms with Crippen molar-refractivity contribution in [3.63, 3.8) is 0 Å². The third-order valence-corrected chi connectivity index (χ3v) is 5.63. The second kappa shape index (κ2) is 6.82. The summed E-state index contributed by atoms with van der Waals surface area (Å²) in [6.07, 6.45) is 1.60. The van der Waals surface area contributed by atoms with Crippen LogP contribution < -0.4 is 5.32 Å². The van der Waals surface area contributed by atoms with Gasteiger partial charge in [-0.25, -0.2) is 16.8 Å². The van der Waals surface area contributed by atoms with Gasteiger partial charge in [0.15, 0.2) is 0 Å². The standard InChI is InChI=1S/C19H19FN2O2S/c1-14-3-9-18(10-4-14)25(23,24)22-13-15(12-21-2)11-19(22)16-5-7-17(20)8-6-16/h3-11,13,21H,12H2,1-2H3. The fraction of sp³-hybridized carbons (Fsp3) is 0.158. The van der Waals surface area contributed by atoms with Crippen LogP contribution in [0.3, 0.4) is 0 Å². The zero-order valence-electron chi connectivity index (χ0n) is 14.0. The Labute approximate surface area is 147 Å². The van der Waals surface area contributed by atoms with Crippen molar-refractivity contribution in [2.45, 2.75) is 18.4 Å². The highest BCUT2D eigenvalue weighted by Gasteiger charge is 2.21. The summed E-state index contributed by atoms with van der Waals surface area (Å²) in [5, 5.41) is 3.02. The van der Waals surface area contributed by atoms with E-state index < -0.39 is 10.0 Å². The number of nitrogens with one attached hydrogen (secondary N) is 1. The predicted octanol–water partition coefficient (Wildman–Crippen LogP) is 3.56. The van der Waals surface area contributed by atoms with Crippen molar-refractivity contribution in [1.29, 1.82) is 0 Å². The molecule has 0 bridgehead atoms. The van der Waals surface area contributed by atoms with Crippen LogP contribution in [0.5, 0.6) is 0 Å². The summed E-state index contributed by atoms with van der Waals surface area (Å²) in [7, 11) is -1.95. The van der Waals surface area contributed by atoms with Crippen LogP contribution >= 0.6 is 0 Å². The Bertz CT molecular complexity index is 975. The van der Waals surface area contributed by atoms with Gasteiger partial charge in [-0.15, -0.1) is 0 Å². The largest absolute Gasteiger partial charge is 0.316 e. The van der Waals surface area contributed by atoms with Gasteiger partial charge in [0.25, 0.3) is 10.0 Å². The van der Waals surface area contributed by atoms with Crippen molar-refractivity contribution in [3.05, 3.63) is 77.7 Å². The number of hydrogen-bond acceptors (Lipinski definition) is 3. The van der Waals surface area contributed by atoms with Crippen molar-refractivity contribution in [3.8, 4) is 11.3 Å². The molecule has 0 atom stereocenters. The highest BCUT2D eigenvalue weighted by molar-refractivity contribution is 7.90. The van der Waals surface area contributed by atoms with Gasteiger partial charge in [0.1, 0.15) is 5.82 Å². The first-order valence-electron chi connectivity index (χ1n) is 7.86. The van der Waals surface area contributed by atoms with Crippen molar-refractivity contribution < 1.29 is 12.8 Å². The normalized spacial score (nSPS) is 11.6. The van der Waals surface area contributed by atoms with Crippen LogP contribution in [-0.2, 0) is 16.6 Å². The molecule has 130 valence electrons. The molecule has 25 heavy (non-hydrogen) atoms. The van der Waals surface area contributed by atoms with E-state index in [9.17, 15) is 12.8 Å². The first-order valence-corrected chi connectivity index (χ1v) is 9.30. The number of halogens is 1. The molecule has 0 aliphatic carbocycles. The minimum absolute atomic E-state index is 0.216. The number of hydrogen-bond donors (Lipinski definition) is 1. The molecule has 0 fully saturated rings. The zero-order chi connectivity index (χ0) is 18.0. The second-order valence-corrected chi connectivity index (χ2v) is 7.70. The lowest BCUT2D eigenvalue weighted by atomic mass is 10.1. The molecule has 0 saturated carbocycles. The van der Waals surface area contributed by atoms with Crippen LogP contribution in [0.1, 0.15) is 11.1 Å². The molecule has 3 rings (SSSR count). The monoisotopic (exact) mass is 358 g/mol. The number of aryl methyl sites for hydroxylation is 1. The molecular weight excluding hydrogens is 339 g/mol. The molecular formula is C19H19FN2O2S. The summed E-state index contributed by atoms with van der Waals surface area (Å²) >= 11 is 0. The van der Waals surface area contributed by atoms with E-state index in [1.54, 1.807) is 55.7 Å². The molecule has 0 aliphatic rings. The Balaban J connectivity index is 2.16. The summed E-state index contributed by atoms with van der Waals surface area (Å²) in [6.45, 7) is 2.44. The molecule has 0 radical (unpaired) electrons. The van der Waals surface area contributed by atoms with Crippen LogP contribution in [0, 0.1) is 12.7 Å². The van der Waals surface area contributed by atoms with Crippen LogP contribution in [0.2, 0.25) is 0 Å². The summed E-state index contributed by atoms with van der Waals surface area (Å²) < 4.78 is 40.7. The average Bonchev–Trinajstić information content (AvgIpc) is 3.01. The van der Waals surface area contributed by atoms with E-state index in [2.05, 4.69) is 5.32 Å². The maximum Gasteiger partial charge on any atom is 0.268 e. The van der Waals surface area contributed by atoms with Gasteiger partial charge in [0.05, 0.1) is 10.6 Å². The van der Waals surface area contributed by atoms with Gasteiger partial charge in [-0.3, -0.25) is 0 Å². The van der Waals surface area contributed by atoms with Gasteiger partial charge in [-0.05, 0) is 67.6 Å². The fourth-order valence-electron chi connectivity index (χ4n) is 2.65. The lowest BCUT2D eigenvalue weighted by Gasteiger charge is -2.11. The van der Waals surface area contributed by atoms with Gasteiger partial charge in [0.2, 0.25) is 0 Å². The molecule has 6 heteroatoms. The number of benzene rings is 2. The van der Waals surface area contributed by atoms with E-state index in [1.807, 2.05) is 6.92 Å². The molecule has 1 aromatic heterocycles. The molecule has 4 nitrogen and oxygen atoms in total. The molecule has 0 amide bonds. The van der Waals surface area contributed by atoms with E-state index in [1.165, 1.54) is 16.1 Å². The van der Waals surface area contributed by atoms with Crippen molar-refractivity contribution in [2.75, 3.05) is 7.05 Å². The molecule has 2 aromatic carbocycles. The number of nitrogens with zero attached hydrogens (tertiary/aromatic N) is 1.